The predicted molar refractivity (Wildman–Crippen MR) is 66.8 cm³/mol. The van der Waals surface area contributed by atoms with Gasteiger partial charge < -0.3 is 5.11 Å². The summed E-state index contributed by atoms with van der Waals surface area (Å²) in [6.07, 6.45) is 0.375. The van der Waals surface area contributed by atoms with Crippen molar-refractivity contribution in [3.63, 3.8) is 0 Å². The first-order valence-electron chi connectivity index (χ1n) is 4.93. The van der Waals surface area contributed by atoms with Crippen molar-refractivity contribution in [3.8, 4) is 0 Å². The van der Waals surface area contributed by atoms with Gasteiger partial charge in [-0.3, -0.25) is 0 Å². The number of hydrogen-bond donors (Lipinski definition) is 1. The minimum Gasteiger partial charge on any atom is -0.387 e. The van der Waals surface area contributed by atoms with Gasteiger partial charge in [0.15, 0.2) is 0 Å². The van der Waals surface area contributed by atoms with Crippen LogP contribution in [0.5, 0.6) is 0 Å². The molecule has 0 bridgehead atoms. The molecule has 0 amide bonds. The molecule has 0 saturated heterocycles. The molecular formula is C12H14OS2. The highest BCUT2D eigenvalue weighted by Gasteiger charge is 2.12. The van der Waals surface area contributed by atoms with Gasteiger partial charge in [-0.25, -0.2) is 0 Å². The van der Waals surface area contributed by atoms with Crippen LogP contribution in [0.2, 0.25) is 0 Å². The second-order valence-corrected chi connectivity index (χ2v) is 5.81. The zero-order chi connectivity index (χ0) is 10.8. The molecule has 1 N–H and O–H groups in total. The average molecular weight is 238 g/mol. The molecule has 15 heavy (non-hydrogen) atoms. The zero-order valence-corrected chi connectivity index (χ0v) is 10.5. The van der Waals surface area contributed by atoms with E-state index in [1.807, 2.05) is 5.38 Å². The summed E-state index contributed by atoms with van der Waals surface area (Å²) in [5.74, 6) is 0. The molecular weight excluding hydrogens is 224 g/mol. The van der Waals surface area contributed by atoms with Gasteiger partial charge in [0.05, 0.1) is 6.10 Å². The minimum absolute atomic E-state index is 0.350. The average Bonchev–Trinajstić information content (AvgIpc) is 2.78. The lowest BCUT2D eigenvalue weighted by Gasteiger charge is -2.06. The van der Waals surface area contributed by atoms with Crippen molar-refractivity contribution >= 4 is 22.7 Å². The zero-order valence-electron chi connectivity index (χ0n) is 8.86. The number of aliphatic hydroxyl groups excluding tert-OH is 1. The monoisotopic (exact) mass is 238 g/mol. The fourth-order valence-electron chi connectivity index (χ4n) is 1.50. The molecule has 0 aliphatic rings. The van der Waals surface area contributed by atoms with Crippen LogP contribution in [0.1, 0.15) is 27.0 Å². The van der Waals surface area contributed by atoms with Crippen LogP contribution in [0.4, 0.5) is 0 Å². The maximum absolute atomic E-state index is 10.0. The molecule has 2 aromatic heterocycles. The molecule has 1 unspecified atom stereocenters. The van der Waals surface area contributed by atoms with E-state index < -0.39 is 0 Å². The summed E-state index contributed by atoms with van der Waals surface area (Å²) in [6, 6.07) is 4.16. The Kier molecular flexibility index (Phi) is 3.24. The lowest BCUT2D eigenvalue weighted by molar-refractivity contribution is 0.182. The number of aliphatic hydroxyl groups is 1. The Balaban J connectivity index is 2.11. The van der Waals surface area contributed by atoms with Gasteiger partial charge >= 0.3 is 0 Å². The normalized spacial score (nSPS) is 13.0. The fourth-order valence-corrected chi connectivity index (χ4v) is 3.21. The van der Waals surface area contributed by atoms with E-state index in [1.165, 1.54) is 16.0 Å². The smallest absolute Gasteiger partial charge is 0.0922 e. The van der Waals surface area contributed by atoms with Gasteiger partial charge in [-0.1, -0.05) is 0 Å². The molecule has 1 atom stereocenters. The Morgan fingerprint density at radius 1 is 1.40 bits per heavy atom. The molecule has 2 heterocycles. The Labute approximate surface area is 98.0 Å². The van der Waals surface area contributed by atoms with Crippen LogP contribution in [-0.2, 0) is 6.42 Å². The van der Waals surface area contributed by atoms with Gasteiger partial charge in [0.1, 0.15) is 0 Å². The lowest BCUT2D eigenvalue weighted by atomic mass is 10.1. The summed E-state index contributed by atoms with van der Waals surface area (Å²) in [5, 5.41) is 14.2. The second-order valence-electron chi connectivity index (χ2n) is 3.74. The maximum Gasteiger partial charge on any atom is 0.0922 e. The van der Waals surface area contributed by atoms with Crippen LogP contribution >= 0.6 is 22.7 Å². The predicted octanol–water partition coefficient (Wildman–Crippen LogP) is 3.70. The number of aryl methyl sites for hydroxylation is 2. The highest BCUT2D eigenvalue weighted by atomic mass is 32.1. The highest BCUT2D eigenvalue weighted by molar-refractivity contribution is 7.12. The fraction of sp³-hybridized carbons (Fsp3) is 0.333. The number of hydrogen-bond acceptors (Lipinski definition) is 3. The van der Waals surface area contributed by atoms with Crippen molar-refractivity contribution in [2.75, 3.05) is 0 Å². The van der Waals surface area contributed by atoms with E-state index in [0.29, 0.717) is 0 Å². The molecule has 2 rings (SSSR count). The van der Waals surface area contributed by atoms with Crippen LogP contribution in [0.3, 0.4) is 0 Å². The molecule has 3 heteroatoms. The topological polar surface area (TPSA) is 20.2 Å². The van der Waals surface area contributed by atoms with E-state index in [4.69, 9.17) is 0 Å². The summed E-state index contributed by atoms with van der Waals surface area (Å²) in [4.78, 5) is 2.38. The molecule has 0 aromatic carbocycles. The van der Waals surface area contributed by atoms with Crippen molar-refractivity contribution in [2.45, 2.75) is 26.4 Å². The molecule has 1 nitrogen and oxygen atoms in total. The molecule has 80 valence electrons. The van der Waals surface area contributed by atoms with Crippen molar-refractivity contribution in [2.24, 2.45) is 0 Å². The van der Waals surface area contributed by atoms with Crippen LogP contribution < -0.4 is 0 Å². The summed E-state index contributed by atoms with van der Waals surface area (Å²) >= 11 is 3.38. The number of rotatable bonds is 3. The lowest BCUT2D eigenvalue weighted by Crippen LogP contribution is -1.98. The molecule has 0 saturated carbocycles. The van der Waals surface area contributed by atoms with Crippen molar-refractivity contribution < 1.29 is 5.11 Å². The first-order chi connectivity index (χ1) is 7.16. The quantitative estimate of drug-likeness (QED) is 0.864. The second kappa shape index (κ2) is 4.47. The minimum atomic E-state index is -0.350. The van der Waals surface area contributed by atoms with Crippen LogP contribution in [0.15, 0.2) is 22.9 Å². The summed E-state index contributed by atoms with van der Waals surface area (Å²) in [7, 11) is 0. The van der Waals surface area contributed by atoms with E-state index >= 15 is 0 Å². The van der Waals surface area contributed by atoms with Crippen LogP contribution in [-0.4, -0.2) is 5.11 Å². The molecule has 2 aromatic rings. The standard InChI is InChI=1S/C12H14OS2/c1-8-5-12(15-9(8)2)11(13)6-10-3-4-14-7-10/h3-5,7,11,13H,6H2,1-2H3. The van der Waals surface area contributed by atoms with Gasteiger partial charge in [-0.15, -0.1) is 11.3 Å². The van der Waals surface area contributed by atoms with E-state index in [1.54, 1.807) is 22.7 Å². The van der Waals surface area contributed by atoms with Gasteiger partial charge in [0.2, 0.25) is 0 Å². The highest BCUT2D eigenvalue weighted by Crippen LogP contribution is 2.28. The summed E-state index contributed by atoms with van der Waals surface area (Å²) in [5.41, 5.74) is 2.50. The first-order valence-corrected chi connectivity index (χ1v) is 6.69. The van der Waals surface area contributed by atoms with Crippen molar-refractivity contribution in [1.29, 1.82) is 0 Å². The number of thiophene rings is 2. The van der Waals surface area contributed by atoms with Crippen LogP contribution in [0, 0.1) is 13.8 Å². The van der Waals surface area contributed by atoms with Crippen molar-refractivity contribution in [3.05, 3.63) is 43.8 Å². The Morgan fingerprint density at radius 3 is 2.73 bits per heavy atom. The molecule has 0 radical (unpaired) electrons. The van der Waals surface area contributed by atoms with Gasteiger partial charge in [-0.2, -0.15) is 11.3 Å². The van der Waals surface area contributed by atoms with Crippen LogP contribution in [0.25, 0.3) is 0 Å². The molecule has 0 aliphatic heterocycles. The maximum atomic E-state index is 10.0. The Bertz CT molecular complexity index is 409. The molecule has 0 spiro atoms. The molecule has 0 fully saturated rings. The summed E-state index contributed by atoms with van der Waals surface area (Å²) < 4.78 is 0. The van der Waals surface area contributed by atoms with E-state index in [2.05, 4.69) is 31.4 Å². The largest absolute Gasteiger partial charge is 0.387 e. The van der Waals surface area contributed by atoms with E-state index in [9.17, 15) is 5.11 Å². The van der Waals surface area contributed by atoms with E-state index in [-0.39, 0.29) is 6.10 Å². The van der Waals surface area contributed by atoms with E-state index in [0.717, 1.165) is 11.3 Å². The first kappa shape index (κ1) is 10.9. The molecule has 0 aliphatic carbocycles. The third kappa shape index (κ3) is 2.48. The SMILES string of the molecule is Cc1cc(C(O)Cc2ccsc2)sc1C. The Morgan fingerprint density at radius 2 is 2.20 bits per heavy atom. The van der Waals surface area contributed by atoms with Gasteiger partial charge in [0.25, 0.3) is 0 Å². The van der Waals surface area contributed by atoms with Gasteiger partial charge in [-0.05, 0) is 47.9 Å². The Hall–Kier alpha value is -0.640. The third-order valence-corrected chi connectivity index (χ3v) is 4.51. The summed E-state index contributed by atoms with van der Waals surface area (Å²) in [6.45, 7) is 4.19. The van der Waals surface area contributed by atoms with Gasteiger partial charge in [0, 0.05) is 16.2 Å². The third-order valence-electron chi connectivity index (χ3n) is 2.52. The van der Waals surface area contributed by atoms with Crippen molar-refractivity contribution in [1.82, 2.24) is 0 Å².